The summed E-state index contributed by atoms with van der Waals surface area (Å²) in [5.41, 5.74) is 3.39. The molecule has 1 atom stereocenters. The SMILES string of the molecule is Cc1nn(CC(C)C)c(Cl)c1C1CCCN1c1ccncc1Br. The van der Waals surface area contributed by atoms with Gasteiger partial charge in [-0.3, -0.25) is 9.67 Å². The highest BCUT2D eigenvalue weighted by atomic mass is 79.9. The van der Waals surface area contributed by atoms with Crippen molar-refractivity contribution in [3.8, 4) is 0 Å². The molecule has 0 amide bonds. The van der Waals surface area contributed by atoms with Gasteiger partial charge in [-0.2, -0.15) is 5.10 Å². The first-order valence-electron chi connectivity index (χ1n) is 8.08. The summed E-state index contributed by atoms with van der Waals surface area (Å²) in [6.45, 7) is 8.31. The number of aryl methyl sites for hydroxylation is 1. The van der Waals surface area contributed by atoms with Gasteiger partial charge in [-0.1, -0.05) is 25.4 Å². The largest absolute Gasteiger partial charge is 0.363 e. The molecule has 2 aromatic heterocycles. The third-order valence-electron chi connectivity index (χ3n) is 4.29. The van der Waals surface area contributed by atoms with E-state index in [0.717, 1.165) is 41.3 Å². The third-order valence-corrected chi connectivity index (χ3v) is 5.30. The smallest absolute Gasteiger partial charge is 0.132 e. The van der Waals surface area contributed by atoms with Crippen LogP contribution < -0.4 is 4.90 Å². The van der Waals surface area contributed by atoms with E-state index in [1.807, 2.05) is 17.1 Å². The Morgan fingerprint density at radius 2 is 2.22 bits per heavy atom. The Morgan fingerprint density at radius 1 is 1.43 bits per heavy atom. The van der Waals surface area contributed by atoms with Gasteiger partial charge in [-0.05, 0) is 47.7 Å². The minimum Gasteiger partial charge on any atom is -0.363 e. The first kappa shape index (κ1) is 16.8. The highest BCUT2D eigenvalue weighted by molar-refractivity contribution is 9.10. The van der Waals surface area contributed by atoms with Crippen LogP contribution in [0, 0.1) is 12.8 Å². The number of nitrogens with zero attached hydrogens (tertiary/aromatic N) is 4. The average Bonchev–Trinajstić information content (AvgIpc) is 3.04. The Kier molecular flexibility index (Phi) is 4.97. The Labute approximate surface area is 151 Å². The van der Waals surface area contributed by atoms with E-state index in [2.05, 4.69) is 57.8 Å². The van der Waals surface area contributed by atoms with Crippen LogP contribution in [0.25, 0.3) is 0 Å². The van der Waals surface area contributed by atoms with E-state index in [4.69, 9.17) is 11.6 Å². The molecule has 1 aliphatic heterocycles. The lowest BCUT2D eigenvalue weighted by atomic mass is 10.1. The molecule has 3 heterocycles. The van der Waals surface area contributed by atoms with Crippen LogP contribution >= 0.6 is 27.5 Å². The van der Waals surface area contributed by atoms with E-state index in [1.165, 1.54) is 11.3 Å². The van der Waals surface area contributed by atoms with Crippen molar-refractivity contribution in [2.75, 3.05) is 11.4 Å². The van der Waals surface area contributed by atoms with Gasteiger partial charge in [-0.15, -0.1) is 0 Å². The molecule has 0 spiro atoms. The molecule has 124 valence electrons. The van der Waals surface area contributed by atoms with E-state index in [-0.39, 0.29) is 6.04 Å². The highest BCUT2D eigenvalue weighted by Gasteiger charge is 2.32. The van der Waals surface area contributed by atoms with Gasteiger partial charge in [-0.25, -0.2) is 0 Å². The molecule has 0 radical (unpaired) electrons. The lowest BCUT2D eigenvalue weighted by Crippen LogP contribution is -2.23. The Bertz CT molecular complexity index is 698. The Morgan fingerprint density at radius 3 is 2.91 bits per heavy atom. The van der Waals surface area contributed by atoms with Crippen LogP contribution in [0.2, 0.25) is 5.15 Å². The van der Waals surface area contributed by atoms with Gasteiger partial charge in [0.05, 0.1) is 21.9 Å². The number of pyridine rings is 1. The zero-order valence-corrected chi connectivity index (χ0v) is 16.1. The molecule has 0 aromatic carbocycles. The van der Waals surface area contributed by atoms with Crippen LogP contribution in [-0.2, 0) is 6.54 Å². The maximum atomic E-state index is 6.70. The predicted octanol–water partition coefficient (Wildman–Crippen LogP) is 5.00. The summed E-state index contributed by atoms with van der Waals surface area (Å²) in [7, 11) is 0. The molecule has 0 bridgehead atoms. The third kappa shape index (κ3) is 3.26. The molecule has 1 unspecified atom stereocenters. The number of rotatable bonds is 4. The molecule has 3 rings (SSSR count). The first-order valence-corrected chi connectivity index (χ1v) is 9.25. The average molecular weight is 398 g/mol. The predicted molar refractivity (Wildman–Crippen MR) is 98.1 cm³/mol. The van der Waals surface area contributed by atoms with Crippen LogP contribution in [0.3, 0.4) is 0 Å². The van der Waals surface area contributed by atoms with Gasteiger partial charge in [0.1, 0.15) is 5.15 Å². The van der Waals surface area contributed by atoms with E-state index < -0.39 is 0 Å². The molecule has 2 aromatic rings. The molecule has 0 N–H and O–H groups in total. The number of aromatic nitrogens is 3. The van der Waals surface area contributed by atoms with Crippen molar-refractivity contribution in [1.29, 1.82) is 0 Å². The molecular formula is C17H22BrClN4. The number of anilines is 1. The first-order chi connectivity index (χ1) is 11.0. The van der Waals surface area contributed by atoms with Gasteiger partial charge in [0.15, 0.2) is 0 Å². The van der Waals surface area contributed by atoms with Crippen molar-refractivity contribution in [3.05, 3.63) is 39.3 Å². The van der Waals surface area contributed by atoms with E-state index in [9.17, 15) is 0 Å². The second kappa shape index (κ2) is 6.81. The second-order valence-electron chi connectivity index (χ2n) is 6.54. The maximum absolute atomic E-state index is 6.70. The molecule has 1 aliphatic rings. The summed E-state index contributed by atoms with van der Waals surface area (Å²) in [5, 5.41) is 5.47. The van der Waals surface area contributed by atoms with Crippen LogP contribution in [0.1, 0.15) is 44.0 Å². The maximum Gasteiger partial charge on any atom is 0.132 e. The highest BCUT2D eigenvalue weighted by Crippen LogP contribution is 2.42. The zero-order valence-electron chi connectivity index (χ0n) is 13.8. The van der Waals surface area contributed by atoms with E-state index >= 15 is 0 Å². The molecule has 6 heteroatoms. The van der Waals surface area contributed by atoms with Crippen molar-refractivity contribution in [1.82, 2.24) is 14.8 Å². The van der Waals surface area contributed by atoms with Gasteiger partial charge in [0.2, 0.25) is 0 Å². The van der Waals surface area contributed by atoms with Crippen molar-refractivity contribution >= 4 is 33.2 Å². The number of hydrogen-bond donors (Lipinski definition) is 0. The van der Waals surface area contributed by atoms with E-state index in [0.29, 0.717) is 5.92 Å². The van der Waals surface area contributed by atoms with Crippen LogP contribution in [0.15, 0.2) is 22.9 Å². The molecule has 0 saturated carbocycles. The van der Waals surface area contributed by atoms with Gasteiger partial charge >= 0.3 is 0 Å². The Hall–Kier alpha value is -1.07. The van der Waals surface area contributed by atoms with Crippen molar-refractivity contribution in [2.45, 2.75) is 46.2 Å². The molecular weight excluding hydrogens is 376 g/mol. The minimum atomic E-state index is 0.280. The molecule has 1 fully saturated rings. The van der Waals surface area contributed by atoms with Crippen LogP contribution in [-0.4, -0.2) is 21.3 Å². The van der Waals surface area contributed by atoms with Gasteiger partial charge in [0, 0.05) is 31.0 Å². The summed E-state index contributed by atoms with van der Waals surface area (Å²) in [5.74, 6) is 0.522. The summed E-state index contributed by atoms with van der Waals surface area (Å²) < 4.78 is 2.98. The summed E-state index contributed by atoms with van der Waals surface area (Å²) in [4.78, 5) is 6.59. The fourth-order valence-corrected chi connectivity index (χ4v) is 4.22. The lowest BCUT2D eigenvalue weighted by molar-refractivity contribution is 0.481. The number of hydrogen-bond acceptors (Lipinski definition) is 3. The summed E-state index contributed by atoms with van der Waals surface area (Å²) in [6.07, 6.45) is 5.95. The fourth-order valence-electron chi connectivity index (χ4n) is 3.37. The van der Waals surface area contributed by atoms with Crippen molar-refractivity contribution in [3.63, 3.8) is 0 Å². The normalized spacial score (nSPS) is 18.2. The van der Waals surface area contributed by atoms with Crippen LogP contribution in [0.4, 0.5) is 5.69 Å². The Balaban J connectivity index is 1.98. The number of halogens is 2. The molecule has 23 heavy (non-hydrogen) atoms. The molecule has 0 aliphatic carbocycles. The lowest BCUT2D eigenvalue weighted by Gasteiger charge is -2.28. The van der Waals surface area contributed by atoms with E-state index in [1.54, 1.807) is 0 Å². The second-order valence-corrected chi connectivity index (χ2v) is 7.76. The fraction of sp³-hybridized carbons (Fsp3) is 0.529. The monoisotopic (exact) mass is 396 g/mol. The standard InChI is InChI=1S/C17H22BrClN4/c1-11(2)10-23-17(19)16(12(3)21-23)15-5-4-8-22(15)14-6-7-20-9-13(14)18/h6-7,9,11,15H,4-5,8,10H2,1-3H3. The molecule has 1 saturated heterocycles. The van der Waals surface area contributed by atoms with Crippen LogP contribution in [0.5, 0.6) is 0 Å². The topological polar surface area (TPSA) is 34.0 Å². The summed E-state index contributed by atoms with van der Waals surface area (Å²) in [6, 6.07) is 2.34. The van der Waals surface area contributed by atoms with Gasteiger partial charge in [0.25, 0.3) is 0 Å². The van der Waals surface area contributed by atoms with Gasteiger partial charge < -0.3 is 4.90 Å². The zero-order chi connectivity index (χ0) is 16.6. The quantitative estimate of drug-likeness (QED) is 0.728. The minimum absolute atomic E-state index is 0.280. The summed E-state index contributed by atoms with van der Waals surface area (Å²) >= 11 is 10.3. The van der Waals surface area contributed by atoms with Crippen molar-refractivity contribution < 1.29 is 0 Å². The molecule has 4 nitrogen and oxygen atoms in total. The van der Waals surface area contributed by atoms with Crippen molar-refractivity contribution in [2.24, 2.45) is 5.92 Å².